The number of aromatic nitrogens is 1. The number of pyridine rings is 1. The number of piperidine rings is 1. The Morgan fingerprint density at radius 1 is 1.19 bits per heavy atom. The number of benzene rings is 1. The Labute approximate surface area is 248 Å². The van der Waals surface area contributed by atoms with Crippen molar-refractivity contribution in [3.63, 3.8) is 0 Å². The van der Waals surface area contributed by atoms with Crippen molar-refractivity contribution in [2.24, 2.45) is 11.8 Å². The molecule has 3 heterocycles. The van der Waals surface area contributed by atoms with Crippen LogP contribution in [0.3, 0.4) is 0 Å². The van der Waals surface area contributed by atoms with E-state index in [-0.39, 0.29) is 42.1 Å². The van der Waals surface area contributed by atoms with Gasteiger partial charge in [-0.3, -0.25) is 9.59 Å². The first-order chi connectivity index (χ1) is 19.6. The highest BCUT2D eigenvalue weighted by Crippen LogP contribution is 2.38. The first-order valence-electron chi connectivity index (χ1n) is 14.5. The van der Waals surface area contributed by atoms with Crippen molar-refractivity contribution in [1.29, 1.82) is 0 Å². The number of rotatable bonds is 9. The number of nitrogens with one attached hydrogen (secondary N) is 2. The molecule has 2 atom stereocenters. The van der Waals surface area contributed by atoms with Gasteiger partial charge in [-0.25, -0.2) is 14.1 Å². The van der Waals surface area contributed by atoms with Gasteiger partial charge in [0.15, 0.2) is 0 Å². The maximum Gasteiger partial charge on any atom is 0.304 e. The predicted octanol–water partition coefficient (Wildman–Crippen LogP) is 4.12. The summed E-state index contributed by atoms with van der Waals surface area (Å²) in [4.78, 5) is 32.0. The fourth-order valence-electron chi connectivity index (χ4n) is 5.81. The lowest BCUT2D eigenvalue weighted by molar-refractivity contribution is -0.119. The van der Waals surface area contributed by atoms with E-state index in [9.17, 15) is 22.4 Å². The van der Waals surface area contributed by atoms with Crippen LogP contribution in [0.15, 0.2) is 30.3 Å². The van der Waals surface area contributed by atoms with Gasteiger partial charge in [-0.15, -0.1) is 0 Å². The fourth-order valence-corrected chi connectivity index (χ4v) is 7.03. The van der Waals surface area contributed by atoms with E-state index in [4.69, 9.17) is 9.72 Å². The molecule has 10 nitrogen and oxygen atoms in total. The molecule has 1 aromatic carbocycles. The molecule has 0 spiro atoms. The van der Waals surface area contributed by atoms with Crippen LogP contribution in [0.25, 0.3) is 11.3 Å². The molecule has 4 rings (SSSR count). The number of halogens is 1. The standard InChI is InChI=1S/C30H42FN5O5S/c1-19(2)18-41-25-13-22(12-23(31)14-25)27-10-9-26(28(33-27)36-16-20(3)15-30(36,5)6)29(38)34-42(39,40)35-11-7-8-24(17-35)32-21(4)37/h9-10,12-14,19-20,24H,7-8,11,15-18H2,1-6H3,(H,32,37)(H,34,38). The summed E-state index contributed by atoms with van der Waals surface area (Å²) >= 11 is 0. The zero-order chi connectivity index (χ0) is 30.8. The summed E-state index contributed by atoms with van der Waals surface area (Å²) in [6.07, 6.45) is 2.06. The highest BCUT2D eigenvalue weighted by Gasteiger charge is 2.40. The van der Waals surface area contributed by atoms with Crippen LogP contribution in [0.4, 0.5) is 10.2 Å². The summed E-state index contributed by atoms with van der Waals surface area (Å²) in [5, 5.41) is 2.76. The topological polar surface area (TPSA) is 121 Å². The van der Waals surface area contributed by atoms with E-state index >= 15 is 0 Å². The molecular weight excluding hydrogens is 561 g/mol. The SMILES string of the molecule is CC(=O)NC1CCCN(S(=O)(=O)NC(=O)c2ccc(-c3cc(F)cc(OCC(C)C)c3)nc2N2CC(C)CC2(C)C)C1. The zero-order valence-corrected chi connectivity index (χ0v) is 26.1. The van der Waals surface area contributed by atoms with Crippen molar-refractivity contribution in [2.75, 3.05) is 31.1 Å². The third-order valence-corrected chi connectivity index (χ3v) is 9.01. The fraction of sp³-hybridized carbons (Fsp3) is 0.567. The average Bonchev–Trinajstić information content (AvgIpc) is 3.17. The molecule has 2 amide bonds. The Morgan fingerprint density at radius 3 is 2.57 bits per heavy atom. The van der Waals surface area contributed by atoms with E-state index in [1.54, 1.807) is 12.1 Å². The molecule has 2 unspecified atom stereocenters. The Balaban J connectivity index is 1.68. The molecule has 2 aromatic rings. The van der Waals surface area contributed by atoms with Gasteiger partial charge < -0.3 is 15.0 Å². The van der Waals surface area contributed by atoms with Crippen LogP contribution in [-0.4, -0.2) is 67.3 Å². The van der Waals surface area contributed by atoms with Crippen molar-refractivity contribution in [2.45, 2.75) is 72.4 Å². The van der Waals surface area contributed by atoms with Gasteiger partial charge in [-0.1, -0.05) is 20.8 Å². The monoisotopic (exact) mass is 603 g/mol. The smallest absolute Gasteiger partial charge is 0.304 e. The minimum atomic E-state index is -4.20. The van der Waals surface area contributed by atoms with E-state index < -0.39 is 21.9 Å². The summed E-state index contributed by atoms with van der Waals surface area (Å²) < 4.78 is 50.3. The Bertz CT molecular complexity index is 1430. The van der Waals surface area contributed by atoms with Gasteiger partial charge in [0.05, 0.1) is 17.9 Å². The summed E-state index contributed by atoms with van der Waals surface area (Å²) in [6.45, 7) is 13.0. The minimum absolute atomic E-state index is 0.0731. The number of carbonyl (C=O) groups is 2. The summed E-state index contributed by atoms with van der Waals surface area (Å²) in [6, 6.07) is 7.19. The van der Waals surface area contributed by atoms with E-state index in [0.29, 0.717) is 54.7 Å². The second kappa shape index (κ2) is 12.5. The van der Waals surface area contributed by atoms with E-state index in [1.165, 1.54) is 29.4 Å². The van der Waals surface area contributed by atoms with Gasteiger partial charge in [-0.2, -0.15) is 12.7 Å². The molecule has 2 fully saturated rings. The quantitative estimate of drug-likeness (QED) is 0.442. The molecule has 2 saturated heterocycles. The van der Waals surface area contributed by atoms with Crippen LogP contribution in [-0.2, 0) is 15.0 Å². The molecule has 2 N–H and O–H groups in total. The number of nitrogens with zero attached hydrogens (tertiary/aromatic N) is 3. The van der Waals surface area contributed by atoms with Gasteiger partial charge in [0.1, 0.15) is 17.4 Å². The summed E-state index contributed by atoms with van der Waals surface area (Å²) in [5.74, 6) is -0.232. The average molecular weight is 604 g/mol. The van der Waals surface area contributed by atoms with Gasteiger partial charge in [0.25, 0.3) is 5.91 Å². The highest BCUT2D eigenvalue weighted by molar-refractivity contribution is 7.87. The maximum absolute atomic E-state index is 14.6. The Kier molecular flexibility index (Phi) is 9.46. The summed E-state index contributed by atoms with van der Waals surface area (Å²) in [7, 11) is -4.20. The van der Waals surface area contributed by atoms with E-state index in [1.807, 2.05) is 18.7 Å². The second-order valence-corrected chi connectivity index (χ2v) is 14.2. The molecule has 0 aliphatic carbocycles. The van der Waals surface area contributed by atoms with Gasteiger partial charge >= 0.3 is 10.2 Å². The van der Waals surface area contributed by atoms with Crippen molar-refractivity contribution in [3.8, 4) is 17.0 Å². The predicted molar refractivity (Wildman–Crippen MR) is 160 cm³/mol. The molecule has 2 aliphatic rings. The van der Waals surface area contributed by atoms with Crippen LogP contribution in [0, 0.1) is 17.7 Å². The third-order valence-electron chi connectivity index (χ3n) is 7.55. The molecule has 42 heavy (non-hydrogen) atoms. The lowest BCUT2D eigenvalue weighted by atomic mass is 9.97. The van der Waals surface area contributed by atoms with Crippen LogP contribution < -0.4 is 19.7 Å². The summed E-state index contributed by atoms with van der Waals surface area (Å²) in [5.41, 5.74) is 0.664. The Morgan fingerprint density at radius 2 is 1.93 bits per heavy atom. The molecule has 0 radical (unpaired) electrons. The van der Waals surface area contributed by atoms with Crippen molar-refractivity contribution < 1.29 is 27.1 Å². The maximum atomic E-state index is 14.6. The molecular formula is C30H42FN5O5S. The first-order valence-corrected chi connectivity index (χ1v) is 15.9. The van der Waals surface area contributed by atoms with E-state index in [2.05, 4.69) is 30.8 Å². The lowest BCUT2D eigenvalue weighted by Gasteiger charge is -2.34. The third kappa shape index (κ3) is 7.57. The van der Waals surface area contributed by atoms with Crippen LogP contribution in [0.2, 0.25) is 0 Å². The van der Waals surface area contributed by atoms with Crippen molar-refractivity contribution in [3.05, 3.63) is 41.7 Å². The van der Waals surface area contributed by atoms with Gasteiger partial charge in [0.2, 0.25) is 5.91 Å². The van der Waals surface area contributed by atoms with Gasteiger partial charge in [-0.05, 0) is 69.2 Å². The lowest BCUT2D eigenvalue weighted by Crippen LogP contribution is -2.53. The number of ether oxygens (including phenoxy) is 1. The van der Waals surface area contributed by atoms with Gasteiger partial charge in [0, 0.05) is 49.8 Å². The van der Waals surface area contributed by atoms with Crippen LogP contribution in [0.5, 0.6) is 5.75 Å². The molecule has 0 bridgehead atoms. The van der Waals surface area contributed by atoms with Crippen LogP contribution >= 0.6 is 0 Å². The number of hydrogen-bond acceptors (Lipinski definition) is 7. The molecule has 230 valence electrons. The minimum Gasteiger partial charge on any atom is -0.493 e. The molecule has 1 aromatic heterocycles. The number of hydrogen-bond donors (Lipinski definition) is 2. The number of carbonyl (C=O) groups excluding carboxylic acids is 2. The van der Waals surface area contributed by atoms with Crippen molar-refractivity contribution in [1.82, 2.24) is 19.3 Å². The van der Waals surface area contributed by atoms with Crippen molar-refractivity contribution >= 4 is 27.8 Å². The Hall–Kier alpha value is -3.25. The molecule has 2 aliphatic heterocycles. The number of amides is 2. The van der Waals surface area contributed by atoms with Crippen LogP contribution in [0.1, 0.15) is 71.2 Å². The first kappa shape index (κ1) is 31.7. The second-order valence-electron chi connectivity index (χ2n) is 12.5. The van der Waals surface area contributed by atoms with E-state index in [0.717, 1.165) is 6.42 Å². The molecule has 0 saturated carbocycles. The number of anilines is 1. The normalized spacial score (nSPS) is 20.9. The highest BCUT2D eigenvalue weighted by atomic mass is 32.2. The zero-order valence-electron chi connectivity index (χ0n) is 25.2. The largest absolute Gasteiger partial charge is 0.493 e. The molecule has 12 heteroatoms.